The number of aliphatic hydroxyl groups is 2. The summed E-state index contributed by atoms with van der Waals surface area (Å²) in [6.45, 7) is -0.290. The van der Waals surface area contributed by atoms with Gasteiger partial charge in [0.05, 0.1) is 12.8 Å². The second-order valence-corrected chi connectivity index (χ2v) is 3.60. The van der Waals surface area contributed by atoms with Gasteiger partial charge in [-0.05, 0) is 15.9 Å². The molecule has 0 spiro atoms. The maximum Gasteiger partial charge on any atom is 0.161 e. The Balaban J connectivity index is 2.75. The van der Waals surface area contributed by atoms with E-state index in [1.54, 1.807) is 12.4 Å². The van der Waals surface area contributed by atoms with E-state index in [2.05, 4.69) is 25.9 Å². The number of aliphatic hydroxyl groups excluding tert-OH is 2. The number of halogens is 1. The Hall–Kier alpha value is -0.980. The Morgan fingerprint density at radius 3 is 2.86 bits per heavy atom. The van der Waals surface area contributed by atoms with Gasteiger partial charge in [0.2, 0.25) is 0 Å². The summed E-state index contributed by atoms with van der Waals surface area (Å²) >= 11 is 3.20. The number of nitrogens with zero attached hydrogens (tertiary/aromatic N) is 3. The second-order valence-electron chi connectivity index (χ2n) is 2.79. The average molecular weight is 258 g/mol. The summed E-state index contributed by atoms with van der Waals surface area (Å²) in [4.78, 5) is 8.28. The lowest BCUT2D eigenvalue weighted by atomic mass is 10.3. The van der Waals surface area contributed by atoms with Gasteiger partial charge in [-0.2, -0.15) is 0 Å². The zero-order chi connectivity index (χ0) is 10.1. The number of aromatic nitrogens is 3. The van der Waals surface area contributed by atoms with E-state index in [4.69, 9.17) is 10.2 Å². The van der Waals surface area contributed by atoms with E-state index in [0.717, 1.165) is 0 Å². The van der Waals surface area contributed by atoms with E-state index in [9.17, 15) is 0 Å². The quantitative estimate of drug-likeness (QED) is 0.829. The lowest BCUT2D eigenvalue weighted by Gasteiger charge is -1.97. The molecule has 5 nitrogen and oxygen atoms in total. The van der Waals surface area contributed by atoms with Gasteiger partial charge in [0.25, 0.3) is 0 Å². The van der Waals surface area contributed by atoms with E-state index in [-0.39, 0.29) is 13.3 Å². The maximum absolute atomic E-state index is 9.06. The van der Waals surface area contributed by atoms with Crippen molar-refractivity contribution in [3.8, 4) is 0 Å². The number of rotatable bonds is 2. The van der Waals surface area contributed by atoms with Gasteiger partial charge < -0.3 is 14.8 Å². The summed E-state index contributed by atoms with van der Waals surface area (Å²) in [6, 6.07) is 0. The number of fused-ring (bicyclic) bond motifs is 1. The van der Waals surface area contributed by atoms with Crippen LogP contribution in [0.25, 0.3) is 11.2 Å². The summed E-state index contributed by atoms with van der Waals surface area (Å²) in [5.74, 6) is 0. The summed E-state index contributed by atoms with van der Waals surface area (Å²) in [6.07, 6.45) is 3.19. The zero-order valence-electron chi connectivity index (χ0n) is 7.18. The van der Waals surface area contributed by atoms with Crippen LogP contribution >= 0.6 is 15.9 Å². The fourth-order valence-corrected chi connectivity index (χ4v) is 1.60. The highest BCUT2D eigenvalue weighted by molar-refractivity contribution is 9.10. The largest absolute Gasteiger partial charge is 0.392 e. The van der Waals surface area contributed by atoms with Crippen molar-refractivity contribution in [1.29, 1.82) is 0 Å². The Labute approximate surface area is 88.2 Å². The molecule has 0 saturated carbocycles. The molecule has 0 saturated heterocycles. The molecular weight excluding hydrogens is 250 g/mol. The molecule has 6 heteroatoms. The molecule has 0 atom stereocenters. The van der Waals surface area contributed by atoms with E-state index in [1.165, 1.54) is 4.57 Å². The molecule has 2 aromatic rings. The van der Waals surface area contributed by atoms with Crippen molar-refractivity contribution in [2.45, 2.75) is 13.3 Å². The van der Waals surface area contributed by atoms with Gasteiger partial charge in [-0.25, -0.2) is 9.97 Å². The van der Waals surface area contributed by atoms with Crippen LogP contribution < -0.4 is 0 Å². The van der Waals surface area contributed by atoms with Gasteiger partial charge in [-0.1, -0.05) is 0 Å². The van der Waals surface area contributed by atoms with Crippen LogP contribution in [-0.4, -0.2) is 24.7 Å². The highest BCUT2D eigenvalue weighted by atomic mass is 79.9. The Kier molecular flexibility index (Phi) is 2.49. The van der Waals surface area contributed by atoms with Crippen molar-refractivity contribution in [1.82, 2.24) is 14.5 Å². The molecule has 14 heavy (non-hydrogen) atoms. The van der Waals surface area contributed by atoms with E-state index in [0.29, 0.717) is 21.3 Å². The van der Waals surface area contributed by atoms with Gasteiger partial charge in [0, 0.05) is 11.8 Å². The van der Waals surface area contributed by atoms with E-state index in [1.807, 2.05) is 0 Å². The van der Waals surface area contributed by atoms with Crippen molar-refractivity contribution in [2.75, 3.05) is 0 Å². The van der Waals surface area contributed by atoms with Crippen LogP contribution in [0.4, 0.5) is 0 Å². The van der Waals surface area contributed by atoms with Crippen LogP contribution in [0, 0.1) is 0 Å². The fourth-order valence-electron chi connectivity index (χ4n) is 1.32. The molecular formula is C8H8BrN3O2. The van der Waals surface area contributed by atoms with Gasteiger partial charge in [0.15, 0.2) is 5.65 Å². The third-order valence-electron chi connectivity index (χ3n) is 1.93. The van der Waals surface area contributed by atoms with Gasteiger partial charge in [0.1, 0.15) is 16.9 Å². The van der Waals surface area contributed by atoms with Crippen molar-refractivity contribution < 1.29 is 10.2 Å². The van der Waals surface area contributed by atoms with Crippen LogP contribution in [0.15, 0.2) is 17.0 Å². The molecule has 0 radical (unpaired) electrons. The average Bonchev–Trinajstić information content (AvgIpc) is 2.55. The predicted molar refractivity (Wildman–Crippen MR) is 53.4 cm³/mol. The lowest BCUT2D eigenvalue weighted by molar-refractivity contribution is 0.214. The molecule has 0 unspecified atom stereocenters. The van der Waals surface area contributed by atoms with Crippen molar-refractivity contribution in [2.24, 2.45) is 0 Å². The minimum atomic E-state index is -0.174. The molecule has 2 N–H and O–H groups in total. The molecule has 0 aliphatic carbocycles. The third-order valence-corrected chi connectivity index (χ3v) is 2.32. The van der Waals surface area contributed by atoms with Crippen molar-refractivity contribution in [3.05, 3.63) is 22.6 Å². The summed E-state index contributed by atoms with van der Waals surface area (Å²) in [5.41, 5.74) is 1.83. The van der Waals surface area contributed by atoms with Crippen LogP contribution in [-0.2, 0) is 13.3 Å². The molecule has 0 aliphatic heterocycles. The van der Waals surface area contributed by atoms with Crippen LogP contribution in [0.5, 0.6) is 0 Å². The number of hydrogen-bond acceptors (Lipinski definition) is 4. The smallest absolute Gasteiger partial charge is 0.161 e. The topological polar surface area (TPSA) is 71.2 Å². The zero-order valence-corrected chi connectivity index (χ0v) is 8.77. The Morgan fingerprint density at radius 1 is 1.43 bits per heavy atom. The first kappa shape index (κ1) is 9.57. The van der Waals surface area contributed by atoms with Gasteiger partial charge >= 0.3 is 0 Å². The molecule has 2 aromatic heterocycles. The minimum absolute atomic E-state index is 0.116. The molecule has 0 aromatic carbocycles. The highest BCUT2D eigenvalue weighted by Crippen LogP contribution is 2.19. The molecule has 0 amide bonds. The molecule has 2 rings (SSSR count). The molecule has 74 valence electrons. The van der Waals surface area contributed by atoms with E-state index < -0.39 is 0 Å². The summed E-state index contributed by atoms with van der Waals surface area (Å²) < 4.78 is 2.13. The second kappa shape index (κ2) is 3.64. The van der Waals surface area contributed by atoms with Gasteiger partial charge in [-0.3, -0.25) is 0 Å². The van der Waals surface area contributed by atoms with Crippen LogP contribution in [0.2, 0.25) is 0 Å². The predicted octanol–water partition coefficient (Wildman–Crippen LogP) is 0.636. The van der Waals surface area contributed by atoms with Gasteiger partial charge in [-0.15, -0.1) is 0 Å². The Bertz CT molecular complexity index is 469. The first-order chi connectivity index (χ1) is 6.76. The normalized spacial score (nSPS) is 11.1. The SMILES string of the molecule is OCc1cn(CO)c2ncc(Br)nc12. The first-order valence-electron chi connectivity index (χ1n) is 3.98. The minimum Gasteiger partial charge on any atom is -0.392 e. The number of hydrogen-bond donors (Lipinski definition) is 2. The molecule has 0 aliphatic rings. The Morgan fingerprint density at radius 2 is 2.21 bits per heavy atom. The third kappa shape index (κ3) is 1.41. The van der Waals surface area contributed by atoms with Crippen molar-refractivity contribution >= 4 is 27.1 Å². The fraction of sp³-hybridized carbons (Fsp3) is 0.250. The highest BCUT2D eigenvalue weighted by Gasteiger charge is 2.09. The van der Waals surface area contributed by atoms with Crippen LogP contribution in [0.1, 0.15) is 5.56 Å². The standard InChI is InChI=1S/C8H8BrN3O2/c9-6-1-10-8-7(11-6)5(3-13)2-12(8)4-14/h1-2,13-14H,3-4H2. The first-order valence-corrected chi connectivity index (χ1v) is 4.77. The summed E-state index contributed by atoms with van der Waals surface area (Å²) in [7, 11) is 0. The van der Waals surface area contributed by atoms with Crippen LogP contribution in [0.3, 0.4) is 0 Å². The molecule has 0 bridgehead atoms. The lowest BCUT2D eigenvalue weighted by Crippen LogP contribution is -1.95. The summed E-state index contributed by atoms with van der Waals surface area (Å²) in [5, 5.41) is 18.1. The maximum atomic E-state index is 9.06. The van der Waals surface area contributed by atoms with E-state index >= 15 is 0 Å². The van der Waals surface area contributed by atoms with Crippen molar-refractivity contribution in [3.63, 3.8) is 0 Å². The monoisotopic (exact) mass is 257 g/mol. The molecule has 2 heterocycles. The molecule has 0 fully saturated rings.